The number of aryl methyl sites for hydroxylation is 1. The molecule has 6 heteroatoms. The molecule has 2 heterocycles. The largest absolute Gasteiger partial charge is 1.00 e. The Kier molecular flexibility index (Phi) is 4.90. The number of aliphatic carboxylic acids is 1. The van der Waals surface area contributed by atoms with Crippen molar-refractivity contribution in [3.05, 3.63) is 58.7 Å². The maximum absolute atomic E-state index is 12.9. The van der Waals surface area contributed by atoms with Gasteiger partial charge in [-0.1, -0.05) is 0 Å². The van der Waals surface area contributed by atoms with Crippen molar-refractivity contribution in [2.45, 2.75) is 25.8 Å². The summed E-state index contributed by atoms with van der Waals surface area (Å²) in [5.41, 5.74) is 2.20. The summed E-state index contributed by atoms with van der Waals surface area (Å²) in [4.78, 5) is 23.7. The summed E-state index contributed by atoms with van der Waals surface area (Å²) in [7, 11) is 0. The second-order valence-electron chi connectivity index (χ2n) is 5.25. The molecule has 0 aliphatic carbocycles. The molecule has 0 radical (unpaired) electrons. The molecule has 0 spiro atoms. The van der Waals surface area contributed by atoms with Crippen molar-refractivity contribution < 1.29 is 48.6 Å². The van der Waals surface area contributed by atoms with Gasteiger partial charge in [-0.05, 0) is 49.2 Å². The van der Waals surface area contributed by atoms with Crippen LogP contribution in [-0.4, -0.2) is 16.3 Å². The zero-order chi connectivity index (χ0) is 15.1. The van der Waals surface area contributed by atoms with Crippen molar-refractivity contribution in [3.63, 3.8) is 0 Å². The number of carboxylic acids is 1. The number of hydrogen-bond acceptors (Lipinski definition) is 3. The number of benzene rings is 1. The molecule has 1 aromatic carbocycles. The van der Waals surface area contributed by atoms with Crippen LogP contribution in [0.1, 0.15) is 39.6 Å². The van der Waals surface area contributed by atoms with E-state index in [1.807, 2.05) is 0 Å². The Morgan fingerprint density at radius 1 is 1.27 bits per heavy atom. The van der Waals surface area contributed by atoms with Crippen LogP contribution >= 0.6 is 0 Å². The van der Waals surface area contributed by atoms with E-state index >= 15 is 0 Å². The second kappa shape index (κ2) is 6.36. The first-order chi connectivity index (χ1) is 9.99. The van der Waals surface area contributed by atoms with E-state index in [0.29, 0.717) is 29.9 Å². The van der Waals surface area contributed by atoms with E-state index < -0.39 is 17.7 Å². The molecule has 0 fully saturated rings. The van der Waals surface area contributed by atoms with E-state index in [0.717, 1.165) is 5.56 Å². The van der Waals surface area contributed by atoms with E-state index in [9.17, 15) is 19.1 Å². The number of carbonyl (C=O) groups excluding carboxylic acids is 2. The van der Waals surface area contributed by atoms with Gasteiger partial charge in [-0.15, -0.1) is 0 Å². The average molecular weight is 309 g/mol. The van der Waals surface area contributed by atoms with Gasteiger partial charge in [-0.2, -0.15) is 0 Å². The van der Waals surface area contributed by atoms with Crippen molar-refractivity contribution in [1.82, 2.24) is 4.57 Å². The van der Waals surface area contributed by atoms with Gasteiger partial charge in [-0.3, -0.25) is 4.79 Å². The number of fused-ring (bicyclic) bond motifs is 1. The van der Waals surface area contributed by atoms with E-state index in [4.69, 9.17) is 0 Å². The predicted octanol–water partition coefficient (Wildman–Crippen LogP) is -1.59. The summed E-state index contributed by atoms with van der Waals surface area (Å²) in [5, 5.41) is 11.1. The third kappa shape index (κ3) is 2.76. The zero-order valence-electron chi connectivity index (χ0n) is 12.4. The Hall–Kier alpha value is -1.43. The molecule has 4 nitrogen and oxygen atoms in total. The van der Waals surface area contributed by atoms with Crippen LogP contribution < -0.4 is 34.7 Å². The topological polar surface area (TPSA) is 62.1 Å². The van der Waals surface area contributed by atoms with Crippen molar-refractivity contribution in [1.29, 1.82) is 0 Å². The smallest absolute Gasteiger partial charge is 0.549 e. The summed E-state index contributed by atoms with van der Waals surface area (Å²) < 4.78 is 14.7. The number of ketones is 1. The van der Waals surface area contributed by atoms with E-state index in [1.54, 1.807) is 17.6 Å². The van der Waals surface area contributed by atoms with Gasteiger partial charge < -0.3 is 14.5 Å². The fourth-order valence-electron chi connectivity index (χ4n) is 2.92. The summed E-state index contributed by atoms with van der Waals surface area (Å²) in [6, 6.07) is 7.06. The molecule has 0 N–H and O–H groups in total. The van der Waals surface area contributed by atoms with Crippen LogP contribution in [0.4, 0.5) is 4.39 Å². The molecular weight excluding hydrogens is 296 g/mol. The molecular formula is C16H13FNNaO3. The van der Waals surface area contributed by atoms with Crippen LogP contribution in [0.5, 0.6) is 0 Å². The quantitative estimate of drug-likeness (QED) is 0.507. The monoisotopic (exact) mass is 309 g/mol. The number of halogens is 1. The number of nitrogens with zero attached hydrogens (tertiary/aromatic N) is 1. The molecule has 0 bridgehead atoms. The van der Waals surface area contributed by atoms with Crippen LogP contribution in [0.15, 0.2) is 30.3 Å². The van der Waals surface area contributed by atoms with Gasteiger partial charge in [0.05, 0.1) is 11.7 Å². The minimum atomic E-state index is -1.12. The first-order valence-electron chi connectivity index (χ1n) is 6.70. The summed E-state index contributed by atoms with van der Waals surface area (Å²) >= 11 is 0. The zero-order valence-corrected chi connectivity index (χ0v) is 14.4. The maximum atomic E-state index is 12.9. The first kappa shape index (κ1) is 16.9. The Bertz CT molecular complexity index is 737. The van der Waals surface area contributed by atoms with Crippen LogP contribution in [0.3, 0.4) is 0 Å². The van der Waals surface area contributed by atoms with E-state index in [1.165, 1.54) is 24.3 Å². The number of hydrogen-bond donors (Lipinski definition) is 0. The SMILES string of the molecule is Cc1cc2n(c1C(=O)c1ccc(F)cc1)CCC2C(=O)[O-].[Na+]. The first-order valence-corrected chi connectivity index (χ1v) is 6.70. The average Bonchev–Trinajstić information content (AvgIpc) is 2.96. The Labute approximate surface area is 149 Å². The second-order valence-corrected chi connectivity index (χ2v) is 5.25. The van der Waals surface area contributed by atoms with Gasteiger partial charge in [-0.25, -0.2) is 4.39 Å². The van der Waals surface area contributed by atoms with Gasteiger partial charge in [0.1, 0.15) is 5.82 Å². The molecule has 1 aromatic heterocycles. The van der Waals surface area contributed by atoms with Crippen molar-refractivity contribution in [3.8, 4) is 0 Å². The molecule has 1 aliphatic rings. The standard InChI is InChI=1S/C16H14FNO3.Na/c1-9-8-13-12(16(20)21)6-7-18(13)14(9)15(19)10-2-4-11(17)5-3-10;/h2-5,8,12H,6-7H2,1H3,(H,20,21);/q;+1/p-1. The molecule has 3 rings (SSSR count). The fourth-order valence-corrected chi connectivity index (χ4v) is 2.92. The number of aromatic nitrogens is 1. The summed E-state index contributed by atoms with van der Waals surface area (Å²) in [6.07, 6.45) is 0.432. The van der Waals surface area contributed by atoms with Crippen molar-refractivity contribution in [2.75, 3.05) is 0 Å². The van der Waals surface area contributed by atoms with E-state index in [-0.39, 0.29) is 35.3 Å². The molecule has 108 valence electrons. The molecule has 1 unspecified atom stereocenters. The van der Waals surface area contributed by atoms with Crippen molar-refractivity contribution >= 4 is 11.8 Å². The molecule has 0 amide bonds. The van der Waals surface area contributed by atoms with Crippen molar-refractivity contribution in [2.24, 2.45) is 0 Å². The van der Waals surface area contributed by atoms with E-state index in [2.05, 4.69) is 0 Å². The van der Waals surface area contributed by atoms with Gasteiger partial charge in [0.2, 0.25) is 5.78 Å². The maximum Gasteiger partial charge on any atom is 1.00 e. The van der Waals surface area contributed by atoms with Crippen LogP contribution in [0.25, 0.3) is 0 Å². The van der Waals surface area contributed by atoms with Gasteiger partial charge in [0, 0.05) is 23.7 Å². The minimum Gasteiger partial charge on any atom is -0.549 e. The van der Waals surface area contributed by atoms with Gasteiger partial charge >= 0.3 is 29.6 Å². The number of rotatable bonds is 3. The van der Waals surface area contributed by atoms with Gasteiger partial charge in [0.15, 0.2) is 0 Å². The minimum absolute atomic E-state index is 0. The molecule has 0 saturated heterocycles. The molecule has 2 aromatic rings. The third-order valence-electron chi connectivity index (χ3n) is 3.92. The summed E-state index contributed by atoms with van der Waals surface area (Å²) in [5.74, 6) is -2.41. The number of carbonyl (C=O) groups is 2. The normalized spacial score (nSPS) is 16.0. The predicted molar refractivity (Wildman–Crippen MR) is 71.4 cm³/mol. The summed E-state index contributed by atoms with van der Waals surface area (Å²) in [6.45, 7) is 2.25. The van der Waals surface area contributed by atoms with Gasteiger partial charge in [0.25, 0.3) is 0 Å². The Morgan fingerprint density at radius 2 is 1.91 bits per heavy atom. The molecule has 22 heavy (non-hydrogen) atoms. The van der Waals surface area contributed by atoms with Crippen LogP contribution in [0.2, 0.25) is 0 Å². The Balaban J connectivity index is 0.00000176. The third-order valence-corrected chi connectivity index (χ3v) is 3.92. The fraction of sp³-hybridized carbons (Fsp3) is 0.250. The van der Waals surface area contributed by atoms with Crippen LogP contribution in [0, 0.1) is 12.7 Å². The molecule has 1 aliphatic heterocycles. The Morgan fingerprint density at radius 3 is 2.50 bits per heavy atom. The number of carboxylic acid groups (broad SMARTS) is 1. The molecule has 0 saturated carbocycles. The van der Waals surface area contributed by atoms with Crippen LogP contribution in [-0.2, 0) is 11.3 Å². The molecule has 1 atom stereocenters.